The summed E-state index contributed by atoms with van der Waals surface area (Å²) in [5.41, 5.74) is 1.34. The number of carboxylic acids is 1. The molecule has 106 valence electrons. The van der Waals surface area contributed by atoms with E-state index < -0.39 is 5.97 Å². The maximum Gasteiger partial charge on any atom is 0.337 e. The van der Waals surface area contributed by atoms with E-state index >= 15 is 0 Å². The van der Waals surface area contributed by atoms with Crippen LogP contribution < -0.4 is 0 Å². The Morgan fingerprint density at radius 3 is 2.70 bits per heavy atom. The smallest absolute Gasteiger partial charge is 0.337 e. The molecule has 2 aromatic rings. The lowest BCUT2D eigenvalue weighted by molar-refractivity contribution is -0.0884. The molecule has 1 heterocycles. The van der Waals surface area contributed by atoms with Gasteiger partial charge in [0.25, 0.3) is 0 Å². The lowest BCUT2D eigenvalue weighted by Crippen LogP contribution is -2.50. The first-order chi connectivity index (χ1) is 9.34. The van der Waals surface area contributed by atoms with Gasteiger partial charge in [-0.15, -0.1) is 0 Å². The van der Waals surface area contributed by atoms with Crippen LogP contribution in [0.4, 0.5) is 0 Å². The first-order valence-electron chi connectivity index (χ1n) is 6.73. The molecule has 0 saturated heterocycles. The highest BCUT2D eigenvalue weighted by atomic mass is 16.4. The van der Waals surface area contributed by atoms with Gasteiger partial charge in [-0.25, -0.2) is 9.78 Å². The van der Waals surface area contributed by atoms with Gasteiger partial charge in [0.15, 0.2) is 0 Å². The molecule has 2 atom stereocenters. The molecular formula is C15H18N2O3. The minimum Gasteiger partial charge on any atom is -0.478 e. The van der Waals surface area contributed by atoms with Crippen LogP contribution in [0, 0.1) is 12.3 Å². The van der Waals surface area contributed by atoms with Crippen molar-refractivity contribution in [1.82, 2.24) is 9.55 Å². The molecule has 20 heavy (non-hydrogen) atoms. The van der Waals surface area contributed by atoms with E-state index in [1.807, 2.05) is 31.4 Å². The maximum absolute atomic E-state index is 11.4. The van der Waals surface area contributed by atoms with Crippen molar-refractivity contribution in [2.24, 2.45) is 5.41 Å². The van der Waals surface area contributed by atoms with Crippen LogP contribution in [0.25, 0.3) is 11.0 Å². The van der Waals surface area contributed by atoms with E-state index in [1.165, 1.54) is 0 Å². The summed E-state index contributed by atoms with van der Waals surface area (Å²) in [6.07, 6.45) is 0.272. The summed E-state index contributed by atoms with van der Waals surface area (Å²) >= 11 is 0. The van der Waals surface area contributed by atoms with Gasteiger partial charge in [0.1, 0.15) is 5.82 Å². The minimum absolute atomic E-state index is 0.0722. The number of aliphatic hydroxyl groups is 1. The Hall–Kier alpha value is -1.88. The van der Waals surface area contributed by atoms with Crippen LogP contribution in [0.5, 0.6) is 0 Å². The maximum atomic E-state index is 11.4. The molecule has 0 aliphatic heterocycles. The van der Waals surface area contributed by atoms with Crippen molar-refractivity contribution >= 4 is 17.0 Å². The van der Waals surface area contributed by atoms with Crippen LogP contribution in [0.3, 0.4) is 0 Å². The fourth-order valence-corrected chi connectivity index (χ4v) is 3.14. The molecule has 5 nitrogen and oxygen atoms in total. The summed E-state index contributed by atoms with van der Waals surface area (Å²) < 4.78 is 1.98. The number of hydrogen-bond donors (Lipinski definition) is 2. The highest BCUT2D eigenvalue weighted by molar-refractivity contribution is 6.01. The van der Waals surface area contributed by atoms with Gasteiger partial charge in [0.05, 0.1) is 22.7 Å². The van der Waals surface area contributed by atoms with Crippen LogP contribution in [0.1, 0.15) is 42.5 Å². The number of aromatic nitrogens is 2. The molecule has 0 spiro atoms. The molecule has 0 bridgehead atoms. The number of hydrogen-bond acceptors (Lipinski definition) is 3. The third-order valence-electron chi connectivity index (χ3n) is 4.59. The van der Waals surface area contributed by atoms with Gasteiger partial charge in [0, 0.05) is 11.5 Å². The number of nitrogens with zero attached hydrogens (tertiary/aromatic N) is 2. The molecule has 1 aromatic heterocycles. The fourth-order valence-electron chi connectivity index (χ4n) is 3.14. The lowest BCUT2D eigenvalue weighted by Gasteiger charge is -2.50. The van der Waals surface area contributed by atoms with Crippen molar-refractivity contribution in [1.29, 1.82) is 0 Å². The van der Waals surface area contributed by atoms with Crippen molar-refractivity contribution in [3.05, 3.63) is 29.6 Å². The van der Waals surface area contributed by atoms with Crippen molar-refractivity contribution in [3.8, 4) is 0 Å². The third kappa shape index (κ3) is 1.59. The van der Waals surface area contributed by atoms with E-state index in [2.05, 4.69) is 4.98 Å². The highest BCUT2D eigenvalue weighted by Crippen LogP contribution is 2.51. The van der Waals surface area contributed by atoms with Gasteiger partial charge in [-0.1, -0.05) is 19.9 Å². The zero-order valence-electron chi connectivity index (χ0n) is 11.8. The number of rotatable bonds is 2. The molecule has 1 saturated carbocycles. The Kier molecular flexibility index (Phi) is 2.66. The number of carbonyl (C=O) groups is 1. The molecule has 0 amide bonds. The standard InChI is InChI=1S/C15H18N2O3/c1-8-16-10-6-4-5-9(14(19)20)13(10)17(8)11-7-12(18)15(11,2)3/h4-6,11-12,18H,7H2,1-3H3,(H,19,20). The molecule has 5 heteroatoms. The monoisotopic (exact) mass is 274 g/mol. The average molecular weight is 274 g/mol. The fraction of sp³-hybridized carbons (Fsp3) is 0.467. The average Bonchev–Trinajstić information content (AvgIpc) is 2.71. The number of carboxylic acid groups (broad SMARTS) is 1. The summed E-state index contributed by atoms with van der Waals surface area (Å²) in [4.78, 5) is 15.9. The number of benzene rings is 1. The number of fused-ring (bicyclic) bond motifs is 1. The van der Waals surface area contributed by atoms with Crippen LogP contribution in [-0.4, -0.2) is 31.8 Å². The van der Waals surface area contributed by atoms with Crippen LogP contribution in [0.15, 0.2) is 18.2 Å². The van der Waals surface area contributed by atoms with E-state index in [9.17, 15) is 15.0 Å². The summed E-state index contributed by atoms with van der Waals surface area (Å²) in [6.45, 7) is 5.88. The molecular weight excluding hydrogens is 256 g/mol. The van der Waals surface area contributed by atoms with Crippen molar-refractivity contribution in [3.63, 3.8) is 0 Å². The minimum atomic E-state index is -0.950. The lowest BCUT2D eigenvalue weighted by atomic mass is 9.64. The summed E-state index contributed by atoms with van der Waals surface area (Å²) in [6, 6.07) is 5.21. The molecule has 2 N–H and O–H groups in total. The number of aryl methyl sites for hydroxylation is 1. The molecule has 1 aliphatic carbocycles. The molecule has 1 aromatic carbocycles. The summed E-state index contributed by atoms with van der Waals surface area (Å²) in [5, 5.41) is 19.3. The molecule has 3 rings (SSSR count). The van der Waals surface area contributed by atoms with Crippen molar-refractivity contribution in [2.75, 3.05) is 0 Å². The zero-order chi connectivity index (χ0) is 14.7. The molecule has 2 unspecified atom stereocenters. The highest BCUT2D eigenvalue weighted by Gasteiger charge is 2.49. The predicted molar refractivity (Wildman–Crippen MR) is 74.9 cm³/mol. The third-order valence-corrected chi connectivity index (χ3v) is 4.59. The van der Waals surface area contributed by atoms with Gasteiger partial charge < -0.3 is 14.8 Å². The Morgan fingerprint density at radius 2 is 2.15 bits per heavy atom. The van der Waals surface area contributed by atoms with E-state index in [0.29, 0.717) is 17.5 Å². The quantitative estimate of drug-likeness (QED) is 0.881. The van der Waals surface area contributed by atoms with Gasteiger partial charge in [-0.2, -0.15) is 0 Å². The van der Waals surface area contributed by atoms with E-state index in [-0.39, 0.29) is 23.1 Å². The summed E-state index contributed by atoms with van der Waals surface area (Å²) in [7, 11) is 0. The number of para-hydroxylation sites is 1. The normalized spacial score (nSPS) is 24.6. The van der Waals surface area contributed by atoms with Gasteiger partial charge in [-0.3, -0.25) is 0 Å². The zero-order valence-corrected chi connectivity index (χ0v) is 11.8. The Balaban J connectivity index is 2.26. The van der Waals surface area contributed by atoms with Gasteiger partial charge in [-0.05, 0) is 25.5 Å². The topological polar surface area (TPSA) is 75.3 Å². The van der Waals surface area contributed by atoms with Gasteiger partial charge in [0.2, 0.25) is 0 Å². The van der Waals surface area contributed by atoms with Crippen LogP contribution in [0.2, 0.25) is 0 Å². The predicted octanol–water partition coefficient (Wildman–Crippen LogP) is 2.37. The largest absolute Gasteiger partial charge is 0.478 e. The second-order valence-electron chi connectivity index (χ2n) is 6.10. The van der Waals surface area contributed by atoms with Gasteiger partial charge >= 0.3 is 5.97 Å². The number of imidazole rings is 1. The van der Waals surface area contributed by atoms with E-state index in [1.54, 1.807) is 12.1 Å². The first kappa shape index (κ1) is 13.1. The first-order valence-corrected chi connectivity index (χ1v) is 6.73. The molecule has 1 aliphatic rings. The van der Waals surface area contributed by atoms with Crippen molar-refractivity contribution < 1.29 is 15.0 Å². The Labute approximate surface area is 116 Å². The molecule has 0 radical (unpaired) electrons. The SMILES string of the molecule is Cc1nc2cccc(C(=O)O)c2n1C1CC(O)C1(C)C. The second-order valence-corrected chi connectivity index (χ2v) is 6.10. The van der Waals surface area contributed by atoms with Crippen molar-refractivity contribution in [2.45, 2.75) is 39.3 Å². The Bertz CT molecular complexity index is 702. The summed E-state index contributed by atoms with van der Waals surface area (Å²) in [5.74, 6) is -0.159. The number of aromatic carboxylic acids is 1. The van der Waals surface area contributed by atoms with Crippen LogP contribution >= 0.6 is 0 Å². The van der Waals surface area contributed by atoms with Crippen LogP contribution in [-0.2, 0) is 0 Å². The Morgan fingerprint density at radius 1 is 1.45 bits per heavy atom. The van der Waals surface area contributed by atoms with E-state index in [0.717, 1.165) is 5.82 Å². The molecule has 1 fully saturated rings. The second kappa shape index (κ2) is 4.06. The van der Waals surface area contributed by atoms with E-state index in [4.69, 9.17) is 0 Å². The number of aliphatic hydroxyl groups excluding tert-OH is 1.